The number of hydrogen-bond donors (Lipinski definition) is 1. The first-order valence-corrected chi connectivity index (χ1v) is 6.40. The number of tetrazole rings is 1. The van der Waals surface area contributed by atoms with Gasteiger partial charge in [0.25, 0.3) is 0 Å². The topological polar surface area (TPSA) is 78.9 Å². The highest BCUT2D eigenvalue weighted by atomic mass is 16.5. The molecule has 0 spiro atoms. The van der Waals surface area contributed by atoms with Crippen LogP contribution in [0.5, 0.6) is 0 Å². The van der Waals surface area contributed by atoms with Crippen LogP contribution in [0.15, 0.2) is 0 Å². The monoisotopic (exact) mass is 239 g/mol. The molecule has 17 heavy (non-hydrogen) atoms. The summed E-state index contributed by atoms with van der Waals surface area (Å²) in [5, 5.41) is 11.5. The molecule has 6 heteroatoms. The van der Waals surface area contributed by atoms with E-state index in [2.05, 4.69) is 15.5 Å². The molecule has 1 aromatic heterocycles. The molecule has 0 radical (unpaired) electrons. The van der Waals surface area contributed by atoms with Gasteiger partial charge in [0.2, 0.25) is 0 Å². The summed E-state index contributed by atoms with van der Waals surface area (Å²) in [7, 11) is 0. The SMILES string of the molecule is CC(N)c1nnnn1CCOC1CCCCC1. The predicted octanol–water partition coefficient (Wildman–Crippen LogP) is 1.04. The molecule has 1 saturated carbocycles. The molecule has 0 amide bonds. The molecule has 0 aromatic carbocycles. The quantitative estimate of drug-likeness (QED) is 0.830. The van der Waals surface area contributed by atoms with Gasteiger partial charge in [0, 0.05) is 0 Å². The van der Waals surface area contributed by atoms with Crippen LogP contribution in [0, 0.1) is 0 Å². The molecule has 1 heterocycles. The Hall–Kier alpha value is -1.01. The van der Waals surface area contributed by atoms with E-state index in [-0.39, 0.29) is 6.04 Å². The van der Waals surface area contributed by atoms with Crippen molar-refractivity contribution in [1.82, 2.24) is 20.2 Å². The van der Waals surface area contributed by atoms with E-state index in [0.29, 0.717) is 19.3 Å². The van der Waals surface area contributed by atoms with E-state index in [1.54, 1.807) is 4.68 Å². The van der Waals surface area contributed by atoms with Crippen LogP contribution in [0.4, 0.5) is 0 Å². The summed E-state index contributed by atoms with van der Waals surface area (Å²) in [5.74, 6) is 0.720. The molecule has 2 rings (SSSR count). The Kier molecular flexibility index (Phi) is 4.44. The van der Waals surface area contributed by atoms with Gasteiger partial charge < -0.3 is 10.5 Å². The third-order valence-corrected chi connectivity index (χ3v) is 3.18. The zero-order chi connectivity index (χ0) is 12.1. The molecule has 1 unspecified atom stereocenters. The average molecular weight is 239 g/mol. The maximum atomic E-state index is 5.83. The second kappa shape index (κ2) is 6.07. The maximum Gasteiger partial charge on any atom is 0.167 e. The molecule has 0 bridgehead atoms. The molecular weight excluding hydrogens is 218 g/mol. The number of ether oxygens (including phenoxy) is 1. The number of aromatic nitrogens is 4. The molecule has 0 saturated heterocycles. The van der Waals surface area contributed by atoms with Gasteiger partial charge >= 0.3 is 0 Å². The van der Waals surface area contributed by atoms with Crippen molar-refractivity contribution in [2.24, 2.45) is 5.73 Å². The molecule has 1 aliphatic carbocycles. The van der Waals surface area contributed by atoms with Crippen LogP contribution in [-0.4, -0.2) is 32.9 Å². The molecular formula is C11H21N5O. The Balaban J connectivity index is 1.75. The van der Waals surface area contributed by atoms with Crippen LogP contribution >= 0.6 is 0 Å². The number of rotatable bonds is 5. The van der Waals surface area contributed by atoms with Crippen LogP contribution < -0.4 is 5.73 Å². The van der Waals surface area contributed by atoms with E-state index in [0.717, 1.165) is 5.82 Å². The van der Waals surface area contributed by atoms with Crippen LogP contribution in [0.3, 0.4) is 0 Å². The third-order valence-electron chi connectivity index (χ3n) is 3.18. The lowest BCUT2D eigenvalue weighted by Crippen LogP contribution is -2.21. The Labute approximate surface area is 102 Å². The van der Waals surface area contributed by atoms with Gasteiger partial charge in [-0.25, -0.2) is 4.68 Å². The predicted molar refractivity (Wildman–Crippen MR) is 63.2 cm³/mol. The Bertz CT molecular complexity index is 332. The van der Waals surface area contributed by atoms with Crippen molar-refractivity contribution in [2.75, 3.05) is 6.61 Å². The van der Waals surface area contributed by atoms with Gasteiger partial charge in [-0.15, -0.1) is 5.10 Å². The molecule has 6 nitrogen and oxygen atoms in total. The lowest BCUT2D eigenvalue weighted by molar-refractivity contribution is 0.0223. The molecule has 1 atom stereocenters. The van der Waals surface area contributed by atoms with Gasteiger partial charge in [0.05, 0.1) is 25.3 Å². The zero-order valence-electron chi connectivity index (χ0n) is 10.4. The van der Waals surface area contributed by atoms with Crippen LogP contribution in [0.2, 0.25) is 0 Å². The van der Waals surface area contributed by atoms with Crippen molar-refractivity contribution in [3.8, 4) is 0 Å². The average Bonchev–Trinajstić information content (AvgIpc) is 2.79. The maximum absolute atomic E-state index is 5.83. The van der Waals surface area contributed by atoms with E-state index in [1.165, 1.54) is 32.1 Å². The summed E-state index contributed by atoms with van der Waals surface area (Å²) in [6.45, 7) is 3.22. The molecule has 2 N–H and O–H groups in total. The largest absolute Gasteiger partial charge is 0.376 e. The molecule has 1 fully saturated rings. The highest BCUT2D eigenvalue weighted by Crippen LogP contribution is 2.20. The van der Waals surface area contributed by atoms with Gasteiger partial charge in [-0.2, -0.15) is 0 Å². The van der Waals surface area contributed by atoms with Crippen molar-refractivity contribution in [3.63, 3.8) is 0 Å². The lowest BCUT2D eigenvalue weighted by atomic mass is 9.98. The van der Waals surface area contributed by atoms with Gasteiger partial charge in [0.1, 0.15) is 0 Å². The van der Waals surface area contributed by atoms with Gasteiger partial charge in [0.15, 0.2) is 5.82 Å². The third kappa shape index (κ3) is 3.47. The van der Waals surface area contributed by atoms with Gasteiger partial charge in [-0.05, 0) is 30.2 Å². The highest BCUT2D eigenvalue weighted by molar-refractivity contribution is 4.87. The molecule has 1 aliphatic rings. The van der Waals surface area contributed by atoms with Crippen molar-refractivity contribution < 1.29 is 4.74 Å². The van der Waals surface area contributed by atoms with Crippen molar-refractivity contribution in [3.05, 3.63) is 5.82 Å². The van der Waals surface area contributed by atoms with E-state index in [9.17, 15) is 0 Å². The number of nitrogens with two attached hydrogens (primary N) is 1. The van der Waals surface area contributed by atoms with E-state index >= 15 is 0 Å². The van der Waals surface area contributed by atoms with Crippen LogP contribution in [0.1, 0.15) is 50.9 Å². The van der Waals surface area contributed by atoms with Crippen molar-refractivity contribution >= 4 is 0 Å². The van der Waals surface area contributed by atoms with Crippen molar-refractivity contribution in [1.29, 1.82) is 0 Å². The van der Waals surface area contributed by atoms with E-state index < -0.39 is 0 Å². The highest BCUT2D eigenvalue weighted by Gasteiger charge is 2.14. The molecule has 0 aliphatic heterocycles. The Morgan fingerprint density at radius 1 is 1.41 bits per heavy atom. The Morgan fingerprint density at radius 3 is 2.88 bits per heavy atom. The summed E-state index contributed by atoms with van der Waals surface area (Å²) in [6.07, 6.45) is 6.74. The number of nitrogens with zero attached hydrogens (tertiary/aromatic N) is 4. The standard InChI is InChI=1S/C11H21N5O/c1-9(12)11-13-14-15-16(11)7-8-17-10-5-3-2-4-6-10/h9-10H,2-8,12H2,1H3. The summed E-state index contributed by atoms with van der Waals surface area (Å²) in [5.41, 5.74) is 5.77. The number of hydrogen-bond acceptors (Lipinski definition) is 5. The minimum atomic E-state index is -0.139. The Morgan fingerprint density at radius 2 is 2.18 bits per heavy atom. The van der Waals surface area contributed by atoms with Gasteiger partial charge in [-0.1, -0.05) is 19.3 Å². The second-order valence-corrected chi connectivity index (χ2v) is 4.68. The fourth-order valence-electron chi connectivity index (χ4n) is 2.23. The summed E-state index contributed by atoms with van der Waals surface area (Å²) < 4.78 is 7.56. The smallest absolute Gasteiger partial charge is 0.167 e. The van der Waals surface area contributed by atoms with Crippen LogP contribution in [0.25, 0.3) is 0 Å². The molecule has 96 valence electrons. The summed E-state index contributed by atoms with van der Waals surface area (Å²) in [4.78, 5) is 0. The minimum absolute atomic E-state index is 0.139. The fourth-order valence-corrected chi connectivity index (χ4v) is 2.23. The zero-order valence-corrected chi connectivity index (χ0v) is 10.4. The fraction of sp³-hybridized carbons (Fsp3) is 0.909. The lowest BCUT2D eigenvalue weighted by Gasteiger charge is -2.22. The first-order chi connectivity index (χ1) is 8.27. The normalized spacial score (nSPS) is 19.4. The minimum Gasteiger partial charge on any atom is -0.376 e. The molecule has 1 aromatic rings. The van der Waals surface area contributed by atoms with E-state index in [1.807, 2.05) is 6.92 Å². The van der Waals surface area contributed by atoms with Crippen molar-refractivity contribution in [2.45, 2.75) is 57.7 Å². The second-order valence-electron chi connectivity index (χ2n) is 4.68. The summed E-state index contributed by atoms with van der Waals surface area (Å²) in [6, 6.07) is -0.139. The van der Waals surface area contributed by atoms with Gasteiger partial charge in [-0.3, -0.25) is 0 Å². The first kappa shape index (κ1) is 12.4. The summed E-state index contributed by atoms with van der Waals surface area (Å²) >= 11 is 0. The van der Waals surface area contributed by atoms with Crippen LogP contribution in [-0.2, 0) is 11.3 Å². The van der Waals surface area contributed by atoms with E-state index in [4.69, 9.17) is 10.5 Å². The first-order valence-electron chi connectivity index (χ1n) is 6.40.